The summed E-state index contributed by atoms with van der Waals surface area (Å²) in [6, 6.07) is 11.9. The maximum Gasteiger partial charge on any atom is 0.225 e. The van der Waals surface area contributed by atoms with Crippen molar-refractivity contribution in [2.24, 2.45) is 10.3 Å². The molecule has 3 rings (SSSR count). The highest BCUT2D eigenvalue weighted by molar-refractivity contribution is 7.68. The second kappa shape index (κ2) is 10.7. The van der Waals surface area contributed by atoms with Gasteiger partial charge in [0.05, 0.1) is 24.0 Å². The van der Waals surface area contributed by atoms with E-state index in [1.165, 1.54) is 0 Å². The average Bonchev–Trinajstić information content (AvgIpc) is 2.77. The van der Waals surface area contributed by atoms with Crippen molar-refractivity contribution in [3.63, 3.8) is 0 Å². The summed E-state index contributed by atoms with van der Waals surface area (Å²) in [5, 5.41) is 12.8. The monoisotopic (exact) mass is 442 g/mol. The van der Waals surface area contributed by atoms with Gasteiger partial charge in [0.15, 0.2) is 5.82 Å². The molecule has 0 radical (unpaired) electrons. The summed E-state index contributed by atoms with van der Waals surface area (Å²) in [7, 11) is -2.25. The van der Waals surface area contributed by atoms with Crippen molar-refractivity contribution in [3.05, 3.63) is 54.9 Å². The summed E-state index contributed by atoms with van der Waals surface area (Å²) < 4.78 is 23.1. The molecule has 0 aliphatic rings. The SMILES string of the molecule is CC(C)[C@@H](CO)Nc1nc(NNc2ccc(N=[S-](=O)O)cc2)cc(-c2ccncc2)n1. The molecule has 1 aromatic carbocycles. The highest BCUT2D eigenvalue weighted by Crippen LogP contribution is 2.22. The number of hydrazine groups is 1. The molecule has 0 fully saturated rings. The Labute approximate surface area is 182 Å². The van der Waals surface area contributed by atoms with Crippen molar-refractivity contribution in [1.82, 2.24) is 15.0 Å². The van der Waals surface area contributed by atoms with Gasteiger partial charge in [-0.15, -0.1) is 0 Å². The Morgan fingerprint density at radius 1 is 1.06 bits per heavy atom. The molecule has 3 aromatic rings. The number of nitrogens with one attached hydrogen (secondary N) is 3. The summed E-state index contributed by atoms with van der Waals surface area (Å²) in [4.78, 5) is 13.1. The third kappa shape index (κ3) is 6.60. The van der Waals surface area contributed by atoms with E-state index in [1.807, 2.05) is 26.0 Å². The highest BCUT2D eigenvalue weighted by atomic mass is 32.2. The number of hydrogen-bond donors (Lipinski definition) is 5. The lowest BCUT2D eigenvalue weighted by Crippen LogP contribution is -2.30. The molecule has 0 saturated heterocycles. The van der Waals surface area contributed by atoms with Crippen LogP contribution in [0.1, 0.15) is 13.8 Å². The number of benzene rings is 1. The molecule has 10 nitrogen and oxygen atoms in total. The minimum absolute atomic E-state index is 0.0441. The predicted molar refractivity (Wildman–Crippen MR) is 121 cm³/mol. The second-order valence-corrected chi connectivity index (χ2v) is 7.64. The van der Waals surface area contributed by atoms with E-state index in [2.05, 4.69) is 35.5 Å². The quantitative estimate of drug-likeness (QED) is 0.190. The molecule has 0 amide bonds. The fourth-order valence-electron chi connectivity index (χ4n) is 2.67. The van der Waals surface area contributed by atoms with Crippen LogP contribution in [0.15, 0.2) is 59.2 Å². The van der Waals surface area contributed by atoms with Crippen molar-refractivity contribution in [1.29, 1.82) is 0 Å². The first-order chi connectivity index (χ1) is 14.9. The second-order valence-electron chi connectivity index (χ2n) is 6.99. The van der Waals surface area contributed by atoms with Crippen molar-refractivity contribution in [2.75, 3.05) is 22.8 Å². The van der Waals surface area contributed by atoms with Gasteiger partial charge in [0.2, 0.25) is 5.95 Å². The number of aliphatic hydroxyl groups is 1. The number of rotatable bonds is 9. The topological polar surface area (TPSA) is 145 Å². The molecule has 0 unspecified atom stereocenters. The molecule has 0 aliphatic carbocycles. The normalized spacial score (nSPS) is 13.1. The molecule has 2 heterocycles. The van der Waals surface area contributed by atoms with Crippen molar-refractivity contribution in [3.8, 4) is 11.3 Å². The Bertz CT molecular complexity index is 1070. The first kappa shape index (κ1) is 22.4. The van der Waals surface area contributed by atoms with E-state index in [-0.39, 0.29) is 18.6 Å². The van der Waals surface area contributed by atoms with Crippen LogP contribution in [0.3, 0.4) is 0 Å². The van der Waals surface area contributed by atoms with Gasteiger partial charge in [-0.25, -0.2) is 4.98 Å². The lowest BCUT2D eigenvalue weighted by molar-refractivity contribution is 0.248. The molecule has 0 bridgehead atoms. The molecule has 11 heteroatoms. The van der Waals surface area contributed by atoms with Gasteiger partial charge >= 0.3 is 0 Å². The van der Waals surface area contributed by atoms with Crippen LogP contribution < -0.4 is 16.2 Å². The van der Waals surface area contributed by atoms with Gasteiger partial charge in [-0.2, -0.15) is 4.98 Å². The molecule has 31 heavy (non-hydrogen) atoms. The fraction of sp³-hybridized carbons (Fsp3) is 0.250. The zero-order valence-corrected chi connectivity index (χ0v) is 17.9. The van der Waals surface area contributed by atoms with E-state index in [0.29, 0.717) is 28.8 Å². The van der Waals surface area contributed by atoms with E-state index in [9.17, 15) is 9.32 Å². The zero-order valence-electron chi connectivity index (χ0n) is 17.1. The van der Waals surface area contributed by atoms with E-state index in [0.717, 1.165) is 5.56 Å². The van der Waals surface area contributed by atoms with Crippen LogP contribution in [-0.2, 0) is 15.1 Å². The third-order valence-corrected chi connectivity index (χ3v) is 4.77. The standard InChI is InChI=1S/C20H24N7O3S/c1-13(2)18(12-28)23-20-22-17(14-7-9-21-10-8-14)11-19(24-20)26-25-15-3-5-16(6-4-15)27-31(29)30/h3-11,13,18,25,28H,12H2,1-2H3,(H,27,29,30)(H2,22,23,24,26)/q-1/t18-/m1/s1. The molecule has 0 aliphatic heterocycles. The lowest BCUT2D eigenvalue weighted by atomic mass is 10.1. The summed E-state index contributed by atoms with van der Waals surface area (Å²) in [6.07, 6.45) is 3.37. The van der Waals surface area contributed by atoms with E-state index in [4.69, 9.17) is 4.55 Å². The Morgan fingerprint density at radius 2 is 1.77 bits per heavy atom. The minimum atomic E-state index is -2.25. The number of anilines is 3. The van der Waals surface area contributed by atoms with Crippen LogP contribution in [0.2, 0.25) is 0 Å². The number of aromatic nitrogens is 3. The van der Waals surface area contributed by atoms with E-state index in [1.54, 1.807) is 42.7 Å². The molecule has 0 saturated carbocycles. The molecular weight excluding hydrogens is 418 g/mol. The molecule has 1 atom stereocenters. The average molecular weight is 443 g/mol. The van der Waals surface area contributed by atoms with Crippen LogP contribution >= 0.6 is 0 Å². The lowest BCUT2D eigenvalue weighted by Gasteiger charge is -2.21. The van der Waals surface area contributed by atoms with Crippen molar-refractivity contribution >= 4 is 34.0 Å². The van der Waals surface area contributed by atoms with Crippen molar-refractivity contribution < 1.29 is 13.9 Å². The van der Waals surface area contributed by atoms with Crippen LogP contribution in [0, 0.1) is 5.92 Å². The summed E-state index contributed by atoms with van der Waals surface area (Å²) in [5.74, 6) is 1.07. The number of aliphatic hydroxyl groups excluding tert-OH is 1. The number of hydrogen-bond acceptors (Lipinski definition) is 10. The van der Waals surface area contributed by atoms with Gasteiger partial charge in [0.25, 0.3) is 0 Å². The molecule has 2 aromatic heterocycles. The van der Waals surface area contributed by atoms with Crippen LogP contribution in [0.25, 0.3) is 11.3 Å². The van der Waals surface area contributed by atoms with Crippen LogP contribution in [0.5, 0.6) is 0 Å². The maximum absolute atomic E-state index is 10.8. The molecular formula is C20H24N7O3S-. The zero-order chi connectivity index (χ0) is 22.2. The third-order valence-electron chi connectivity index (χ3n) is 4.40. The van der Waals surface area contributed by atoms with Gasteiger partial charge in [-0.3, -0.25) is 15.8 Å². The van der Waals surface area contributed by atoms with Crippen LogP contribution in [-0.4, -0.2) is 37.3 Å². The minimum Gasteiger partial charge on any atom is -0.454 e. The van der Waals surface area contributed by atoms with Crippen LogP contribution in [0.4, 0.5) is 23.1 Å². The largest absolute Gasteiger partial charge is 0.454 e. The Balaban J connectivity index is 1.83. The maximum atomic E-state index is 10.8. The van der Waals surface area contributed by atoms with Gasteiger partial charge in [-0.05, 0) is 42.3 Å². The first-order valence-corrected chi connectivity index (χ1v) is 10.6. The Kier molecular flexibility index (Phi) is 7.70. The Morgan fingerprint density at radius 3 is 2.39 bits per heavy atom. The Hall–Kier alpha value is -3.28. The highest BCUT2D eigenvalue weighted by Gasteiger charge is 2.15. The number of pyridine rings is 1. The molecule has 0 spiro atoms. The van der Waals surface area contributed by atoms with E-state index >= 15 is 0 Å². The van der Waals surface area contributed by atoms with Gasteiger partial charge in [0, 0.05) is 29.7 Å². The summed E-state index contributed by atoms with van der Waals surface area (Å²) in [5.41, 5.74) is 8.71. The smallest absolute Gasteiger partial charge is 0.225 e. The van der Waals surface area contributed by atoms with E-state index < -0.39 is 10.9 Å². The summed E-state index contributed by atoms with van der Waals surface area (Å²) >= 11 is 0. The first-order valence-electron chi connectivity index (χ1n) is 9.56. The summed E-state index contributed by atoms with van der Waals surface area (Å²) in [6.45, 7) is 3.96. The predicted octanol–water partition coefficient (Wildman–Crippen LogP) is 3.66. The fourth-order valence-corrected chi connectivity index (χ4v) is 2.97. The molecule has 164 valence electrons. The number of nitrogens with zero attached hydrogens (tertiary/aromatic N) is 4. The van der Waals surface area contributed by atoms with Gasteiger partial charge < -0.3 is 23.5 Å². The molecule has 5 N–H and O–H groups in total. The van der Waals surface area contributed by atoms with Gasteiger partial charge in [0.1, 0.15) is 0 Å². The van der Waals surface area contributed by atoms with Crippen molar-refractivity contribution in [2.45, 2.75) is 19.9 Å². The van der Waals surface area contributed by atoms with Gasteiger partial charge in [-0.1, -0.05) is 24.7 Å².